The summed E-state index contributed by atoms with van der Waals surface area (Å²) in [6.07, 6.45) is 2.48. The monoisotopic (exact) mass is 377 g/mol. The quantitative estimate of drug-likeness (QED) is 0.772. The van der Waals surface area contributed by atoms with Crippen LogP contribution in [0, 0.1) is 0 Å². The Morgan fingerprint density at radius 3 is 2.60 bits per heavy atom. The molecule has 2 N–H and O–H groups in total. The maximum atomic E-state index is 12.3. The van der Waals surface area contributed by atoms with Crippen molar-refractivity contribution < 1.29 is 4.79 Å². The Hall–Kier alpha value is -1.56. The minimum atomic E-state index is -0.136. The molecule has 3 rings (SSSR count). The number of carbonyl (C=O) groups excluding carboxylic acids is 1. The number of amides is 2. The molecule has 1 aromatic carbocycles. The van der Waals surface area contributed by atoms with Gasteiger partial charge in [-0.25, -0.2) is 4.79 Å². The molecule has 0 aliphatic carbocycles. The van der Waals surface area contributed by atoms with Gasteiger partial charge >= 0.3 is 6.03 Å². The molecular formula is C19H24ClN3OS. The zero-order valence-corrected chi connectivity index (χ0v) is 15.9. The molecule has 0 spiro atoms. The fourth-order valence-corrected chi connectivity index (χ4v) is 4.20. The van der Waals surface area contributed by atoms with Crippen LogP contribution < -0.4 is 10.6 Å². The van der Waals surface area contributed by atoms with Crippen molar-refractivity contribution in [3.63, 3.8) is 0 Å². The van der Waals surface area contributed by atoms with E-state index in [0.29, 0.717) is 11.6 Å². The molecule has 1 aromatic heterocycles. The second-order valence-electron chi connectivity index (χ2n) is 6.40. The van der Waals surface area contributed by atoms with Crippen molar-refractivity contribution in [2.24, 2.45) is 0 Å². The summed E-state index contributed by atoms with van der Waals surface area (Å²) < 4.78 is 0. The number of rotatable bonds is 6. The molecule has 1 aliphatic heterocycles. The van der Waals surface area contributed by atoms with E-state index in [1.54, 1.807) is 11.3 Å². The number of nitrogens with one attached hydrogen (secondary N) is 2. The third-order valence-electron chi connectivity index (χ3n) is 4.63. The van der Waals surface area contributed by atoms with E-state index < -0.39 is 0 Å². The van der Waals surface area contributed by atoms with Crippen LogP contribution in [0.15, 0.2) is 41.8 Å². The third-order valence-corrected chi connectivity index (χ3v) is 5.85. The molecule has 134 valence electrons. The van der Waals surface area contributed by atoms with E-state index in [4.69, 9.17) is 11.6 Å². The van der Waals surface area contributed by atoms with Gasteiger partial charge in [-0.1, -0.05) is 29.8 Å². The number of thiophene rings is 1. The number of benzene rings is 1. The van der Waals surface area contributed by atoms with Crippen LogP contribution in [0.5, 0.6) is 0 Å². The van der Waals surface area contributed by atoms with Gasteiger partial charge in [-0.05, 0) is 62.0 Å². The summed E-state index contributed by atoms with van der Waals surface area (Å²) in [5, 5.41) is 8.84. The van der Waals surface area contributed by atoms with Crippen molar-refractivity contribution in [2.75, 3.05) is 19.6 Å². The summed E-state index contributed by atoms with van der Waals surface area (Å²) in [6, 6.07) is 11.8. The van der Waals surface area contributed by atoms with Gasteiger partial charge in [-0.2, -0.15) is 0 Å². The average molecular weight is 378 g/mol. The highest BCUT2D eigenvalue weighted by atomic mass is 35.5. The lowest BCUT2D eigenvalue weighted by Crippen LogP contribution is -2.42. The molecular weight excluding hydrogens is 354 g/mol. The summed E-state index contributed by atoms with van der Waals surface area (Å²) >= 11 is 7.67. The van der Waals surface area contributed by atoms with Crippen LogP contribution in [-0.4, -0.2) is 30.6 Å². The number of halogens is 1. The van der Waals surface area contributed by atoms with Crippen molar-refractivity contribution in [3.05, 3.63) is 57.2 Å². The standard InChI is InChI=1S/C19H24ClN3OS/c1-14(15-6-8-16(20)9-7-15)22-19(24)21-13-17(18-5-4-12-25-18)23-10-2-3-11-23/h4-9,12,14,17H,2-3,10-11,13H2,1H3,(H2,21,22,24). The van der Waals surface area contributed by atoms with Crippen molar-refractivity contribution in [1.82, 2.24) is 15.5 Å². The average Bonchev–Trinajstić information content (AvgIpc) is 3.29. The van der Waals surface area contributed by atoms with Crippen molar-refractivity contribution >= 4 is 29.0 Å². The molecule has 2 unspecified atom stereocenters. The van der Waals surface area contributed by atoms with Crippen molar-refractivity contribution in [2.45, 2.75) is 31.8 Å². The fourth-order valence-electron chi connectivity index (χ4n) is 3.22. The largest absolute Gasteiger partial charge is 0.336 e. The molecule has 0 saturated carbocycles. The molecule has 1 aliphatic rings. The van der Waals surface area contributed by atoms with Crippen LogP contribution in [0.4, 0.5) is 4.79 Å². The molecule has 2 amide bonds. The van der Waals surface area contributed by atoms with Gasteiger partial charge in [0.25, 0.3) is 0 Å². The molecule has 2 atom stereocenters. The Morgan fingerprint density at radius 1 is 1.24 bits per heavy atom. The van der Waals surface area contributed by atoms with Gasteiger partial charge in [-0.15, -0.1) is 11.3 Å². The van der Waals surface area contributed by atoms with Gasteiger partial charge in [0.1, 0.15) is 0 Å². The van der Waals surface area contributed by atoms with Crippen LogP contribution in [-0.2, 0) is 0 Å². The van der Waals surface area contributed by atoms with Crippen LogP contribution in [0.3, 0.4) is 0 Å². The first-order chi connectivity index (χ1) is 12.1. The third kappa shape index (κ3) is 4.97. The summed E-state index contributed by atoms with van der Waals surface area (Å²) in [5.74, 6) is 0. The van der Waals surface area contributed by atoms with Gasteiger partial charge in [0.2, 0.25) is 0 Å². The van der Waals surface area contributed by atoms with Crippen molar-refractivity contribution in [1.29, 1.82) is 0 Å². The molecule has 6 heteroatoms. The molecule has 25 heavy (non-hydrogen) atoms. The van der Waals surface area contributed by atoms with Gasteiger partial charge in [0.15, 0.2) is 0 Å². The maximum Gasteiger partial charge on any atom is 0.315 e. The minimum absolute atomic E-state index is 0.0655. The topological polar surface area (TPSA) is 44.4 Å². The van der Waals surface area contributed by atoms with E-state index in [9.17, 15) is 4.79 Å². The summed E-state index contributed by atoms with van der Waals surface area (Å²) in [7, 11) is 0. The van der Waals surface area contributed by atoms with Gasteiger partial charge in [0.05, 0.1) is 12.1 Å². The SMILES string of the molecule is CC(NC(=O)NCC(c1cccs1)N1CCCC1)c1ccc(Cl)cc1. The van der Waals surface area contributed by atoms with Gasteiger partial charge in [-0.3, -0.25) is 4.90 Å². The molecule has 0 bridgehead atoms. The first kappa shape index (κ1) is 18.2. The predicted molar refractivity (Wildman–Crippen MR) is 104 cm³/mol. The molecule has 1 fully saturated rings. The predicted octanol–water partition coefficient (Wildman–Crippen LogP) is 4.60. The second kappa shape index (κ2) is 8.70. The molecule has 2 heterocycles. The first-order valence-corrected chi connectivity index (χ1v) is 9.96. The summed E-state index contributed by atoms with van der Waals surface area (Å²) in [5.41, 5.74) is 1.04. The summed E-state index contributed by atoms with van der Waals surface area (Å²) in [6.45, 7) is 4.81. The lowest BCUT2D eigenvalue weighted by atomic mass is 10.1. The van der Waals surface area contributed by atoms with E-state index in [0.717, 1.165) is 18.7 Å². The smallest absolute Gasteiger partial charge is 0.315 e. The highest BCUT2D eigenvalue weighted by Gasteiger charge is 2.24. The minimum Gasteiger partial charge on any atom is -0.336 e. The van der Waals surface area contributed by atoms with Crippen LogP contribution in [0.1, 0.15) is 42.3 Å². The first-order valence-electron chi connectivity index (χ1n) is 8.71. The number of hydrogen-bond donors (Lipinski definition) is 2. The number of urea groups is 1. The Morgan fingerprint density at radius 2 is 1.96 bits per heavy atom. The number of hydrogen-bond acceptors (Lipinski definition) is 3. The fraction of sp³-hybridized carbons (Fsp3) is 0.421. The zero-order chi connectivity index (χ0) is 17.6. The highest BCUT2D eigenvalue weighted by Crippen LogP contribution is 2.27. The normalized spacial score (nSPS) is 17.2. The molecule has 0 radical (unpaired) electrons. The second-order valence-corrected chi connectivity index (χ2v) is 7.82. The van der Waals surface area contributed by atoms with Crippen LogP contribution >= 0.6 is 22.9 Å². The van der Waals surface area contributed by atoms with Crippen LogP contribution in [0.2, 0.25) is 5.02 Å². The lowest BCUT2D eigenvalue weighted by molar-refractivity contribution is 0.220. The van der Waals surface area contributed by atoms with Gasteiger partial charge < -0.3 is 10.6 Å². The Balaban J connectivity index is 1.55. The molecule has 2 aromatic rings. The van der Waals surface area contributed by atoms with E-state index in [-0.39, 0.29) is 18.1 Å². The van der Waals surface area contributed by atoms with E-state index in [1.807, 2.05) is 31.2 Å². The van der Waals surface area contributed by atoms with Gasteiger partial charge in [0, 0.05) is 16.4 Å². The lowest BCUT2D eigenvalue weighted by Gasteiger charge is -2.27. The van der Waals surface area contributed by atoms with Crippen LogP contribution in [0.25, 0.3) is 0 Å². The Bertz CT molecular complexity index is 668. The van der Waals surface area contributed by atoms with E-state index >= 15 is 0 Å². The highest BCUT2D eigenvalue weighted by molar-refractivity contribution is 7.10. The van der Waals surface area contributed by atoms with E-state index in [1.165, 1.54) is 17.7 Å². The van der Waals surface area contributed by atoms with Crippen molar-refractivity contribution in [3.8, 4) is 0 Å². The number of nitrogens with zero attached hydrogens (tertiary/aromatic N) is 1. The zero-order valence-electron chi connectivity index (χ0n) is 14.4. The van der Waals surface area contributed by atoms with E-state index in [2.05, 4.69) is 33.0 Å². The summed E-state index contributed by atoms with van der Waals surface area (Å²) in [4.78, 5) is 16.1. The number of likely N-dealkylation sites (tertiary alicyclic amines) is 1. The Kier molecular flexibility index (Phi) is 6.34. The molecule has 4 nitrogen and oxygen atoms in total. The Labute approximate surface area is 158 Å². The molecule has 1 saturated heterocycles. The number of carbonyl (C=O) groups is 1. The maximum absolute atomic E-state index is 12.3.